The number of ether oxygens (including phenoxy) is 1. The van der Waals surface area contributed by atoms with Crippen LogP contribution in [0.1, 0.15) is 33.6 Å². The quantitative estimate of drug-likeness (QED) is 0.653. The number of aliphatic hydroxyl groups is 1. The van der Waals surface area contributed by atoms with E-state index in [2.05, 4.69) is 5.32 Å². The van der Waals surface area contributed by atoms with E-state index in [1.807, 2.05) is 20.8 Å². The largest absolute Gasteiger partial charge is 0.388 e. The molecule has 1 heterocycles. The predicted octanol–water partition coefficient (Wildman–Crippen LogP) is 0.0175. The summed E-state index contributed by atoms with van der Waals surface area (Å²) >= 11 is 0. The monoisotopic (exact) mass is 244 g/mol. The van der Waals surface area contributed by atoms with Crippen molar-refractivity contribution >= 4 is 5.91 Å². The minimum absolute atomic E-state index is 0.211. The zero-order valence-corrected chi connectivity index (χ0v) is 11.0. The summed E-state index contributed by atoms with van der Waals surface area (Å²) in [4.78, 5) is 11.8. The third-order valence-electron chi connectivity index (χ3n) is 3.23. The van der Waals surface area contributed by atoms with E-state index in [0.717, 1.165) is 0 Å². The average molecular weight is 244 g/mol. The van der Waals surface area contributed by atoms with Gasteiger partial charge < -0.3 is 20.9 Å². The summed E-state index contributed by atoms with van der Waals surface area (Å²) in [6.07, 6.45) is 1.11. The molecule has 5 heteroatoms. The Hall–Kier alpha value is -0.650. The maximum atomic E-state index is 11.8. The van der Waals surface area contributed by atoms with E-state index < -0.39 is 11.6 Å². The van der Waals surface area contributed by atoms with Gasteiger partial charge in [-0.25, -0.2) is 0 Å². The second-order valence-corrected chi connectivity index (χ2v) is 5.90. The molecule has 0 aromatic carbocycles. The average Bonchev–Trinajstić information content (AvgIpc) is 2.25. The zero-order chi connectivity index (χ0) is 13.1. The molecule has 0 radical (unpaired) electrons. The van der Waals surface area contributed by atoms with E-state index in [0.29, 0.717) is 26.1 Å². The van der Waals surface area contributed by atoms with Gasteiger partial charge in [0.15, 0.2) is 0 Å². The van der Waals surface area contributed by atoms with E-state index in [9.17, 15) is 9.90 Å². The van der Waals surface area contributed by atoms with Crippen LogP contribution < -0.4 is 11.1 Å². The molecule has 5 nitrogen and oxygen atoms in total. The Kier molecular flexibility index (Phi) is 4.52. The Balaban J connectivity index is 2.42. The van der Waals surface area contributed by atoms with Crippen molar-refractivity contribution in [2.24, 2.45) is 11.1 Å². The maximum absolute atomic E-state index is 11.8. The molecule has 0 saturated carbocycles. The lowest BCUT2D eigenvalue weighted by molar-refractivity contribution is -0.127. The van der Waals surface area contributed by atoms with Gasteiger partial charge >= 0.3 is 0 Å². The Morgan fingerprint density at radius 3 is 2.47 bits per heavy atom. The Morgan fingerprint density at radius 1 is 1.47 bits per heavy atom. The molecule has 0 spiro atoms. The van der Waals surface area contributed by atoms with Crippen LogP contribution >= 0.6 is 0 Å². The summed E-state index contributed by atoms with van der Waals surface area (Å²) in [5.74, 6) is -0.211. The first-order chi connectivity index (χ1) is 7.75. The summed E-state index contributed by atoms with van der Waals surface area (Å²) in [5.41, 5.74) is 4.72. The van der Waals surface area contributed by atoms with Crippen molar-refractivity contribution in [2.45, 2.75) is 45.3 Å². The van der Waals surface area contributed by atoms with Crippen LogP contribution in [0.25, 0.3) is 0 Å². The highest BCUT2D eigenvalue weighted by molar-refractivity contribution is 5.82. The Labute approximate surface area is 103 Å². The van der Waals surface area contributed by atoms with Gasteiger partial charge in [0, 0.05) is 32.6 Å². The number of carbonyl (C=O) groups excluding carboxylic acids is 1. The SMILES string of the molecule is CC(C)(C)C(N)C(=O)NCC1(O)CCOCC1. The topological polar surface area (TPSA) is 84.6 Å². The minimum atomic E-state index is -0.842. The van der Waals surface area contributed by atoms with Crippen molar-refractivity contribution in [2.75, 3.05) is 19.8 Å². The van der Waals surface area contributed by atoms with Crippen LogP contribution in [0.5, 0.6) is 0 Å². The molecule has 1 fully saturated rings. The van der Waals surface area contributed by atoms with Gasteiger partial charge in [0.05, 0.1) is 11.6 Å². The summed E-state index contributed by atoms with van der Waals surface area (Å²) in [7, 11) is 0. The highest BCUT2D eigenvalue weighted by Crippen LogP contribution is 2.20. The molecule has 100 valence electrons. The van der Waals surface area contributed by atoms with Gasteiger partial charge in [-0.3, -0.25) is 4.79 Å². The number of nitrogens with two attached hydrogens (primary N) is 1. The lowest BCUT2D eigenvalue weighted by Crippen LogP contribution is -2.53. The van der Waals surface area contributed by atoms with Gasteiger partial charge in [0.1, 0.15) is 0 Å². The minimum Gasteiger partial charge on any atom is -0.388 e. The highest BCUT2D eigenvalue weighted by atomic mass is 16.5. The summed E-state index contributed by atoms with van der Waals surface area (Å²) in [6, 6.07) is -0.564. The first kappa shape index (κ1) is 14.4. The molecule has 1 atom stereocenters. The number of nitrogens with one attached hydrogen (secondary N) is 1. The van der Waals surface area contributed by atoms with Crippen molar-refractivity contribution in [1.82, 2.24) is 5.32 Å². The first-order valence-corrected chi connectivity index (χ1v) is 6.08. The zero-order valence-electron chi connectivity index (χ0n) is 11.0. The third kappa shape index (κ3) is 4.26. The molecule has 17 heavy (non-hydrogen) atoms. The van der Waals surface area contributed by atoms with Crippen LogP contribution in [-0.2, 0) is 9.53 Å². The van der Waals surface area contributed by atoms with Crippen molar-refractivity contribution < 1.29 is 14.6 Å². The van der Waals surface area contributed by atoms with Gasteiger partial charge in [-0.2, -0.15) is 0 Å². The number of carbonyl (C=O) groups is 1. The molecule has 1 aliphatic rings. The van der Waals surface area contributed by atoms with Crippen LogP contribution in [0, 0.1) is 5.41 Å². The summed E-state index contributed by atoms with van der Waals surface area (Å²) in [5, 5.41) is 12.9. The van der Waals surface area contributed by atoms with Gasteiger partial charge in [0.2, 0.25) is 5.91 Å². The molecule has 0 aromatic rings. The lowest BCUT2D eigenvalue weighted by atomic mass is 9.86. The number of amides is 1. The van der Waals surface area contributed by atoms with E-state index >= 15 is 0 Å². The standard InChI is InChI=1S/C12H24N2O3/c1-11(2,3)9(13)10(15)14-8-12(16)4-6-17-7-5-12/h9,16H,4-8,13H2,1-3H3,(H,14,15). The molecular weight excluding hydrogens is 220 g/mol. The highest BCUT2D eigenvalue weighted by Gasteiger charge is 2.32. The summed E-state index contributed by atoms with van der Waals surface area (Å²) < 4.78 is 5.18. The molecule has 0 aromatic heterocycles. The molecule has 1 saturated heterocycles. The van der Waals surface area contributed by atoms with Crippen molar-refractivity contribution in [1.29, 1.82) is 0 Å². The Bertz CT molecular complexity index is 267. The fraction of sp³-hybridized carbons (Fsp3) is 0.917. The maximum Gasteiger partial charge on any atom is 0.237 e. The summed E-state index contributed by atoms with van der Waals surface area (Å²) in [6.45, 7) is 7.08. The molecule has 4 N–H and O–H groups in total. The van der Waals surface area contributed by atoms with Crippen molar-refractivity contribution in [3.05, 3.63) is 0 Å². The Morgan fingerprint density at radius 2 is 2.00 bits per heavy atom. The molecule has 0 aliphatic carbocycles. The van der Waals surface area contributed by atoms with Crippen molar-refractivity contribution in [3.63, 3.8) is 0 Å². The fourth-order valence-corrected chi connectivity index (χ4v) is 1.68. The van der Waals surface area contributed by atoms with Crippen LogP contribution in [0.2, 0.25) is 0 Å². The van der Waals surface area contributed by atoms with Crippen LogP contribution in [0.3, 0.4) is 0 Å². The smallest absolute Gasteiger partial charge is 0.237 e. The molecule has 1 amide bonds. The van der Waals surface area contributed by atoms with Crippen LogP contribution in [-0.4, -0.2) is 42.4 Å². The van der Waals surface area contributed by atoms with Crippen molar-refractivity contribution in [3.8, 4) is 0 Å². The van der Waals surface area contributed by atoms with Gasteiger partial charge in [-0.1, -0.05) is 20.8 Å². The second-order valence-electron chi connectivity index (χ2n) is 5.90. The number of rotatable bonds is 3. The molecule has 1 rings (SSSR count). The normalized spacial score (nSPS) is 21.9. The van der Waals surface area contributed by atoms with Gasteiger partial charge in [0.25, 0.3) is 0 Å². The van der Waals surface area contributed by atoms with Gasteiger partial charge in [-0.05, 0) is 5.41 Å². The lowest BCUT2D eigenvalue weighted by Gasteiger charge is -2.33. The fourth-order valence-electron chi connectivity index (χ4n) is 1.68. The van der Waals surface area contributed by atoms with E-state index in [-0.39, 0.29) is 17.9 Å². The number of hydrogen-bond acceptors (Lipinski definition) is 4. The second kappa shape index (κ2) is 5.33. The van der Waals surface area contributed by atoms with E-state index in [1.54, 1.807) is 0 Å². The van der Waals surface area contributed by atoms with Crippen LogP contribution in [0.15, 0.2) is 0 Å². The third-order valence-corrected chi connectivity index (χ3v) is 3.23. The first-order valence-electron chi connectivity index (χ1n) is 6.08. The van der Waals surface area contributed by atoms with Crippen LogP contribution in [0.4, 0.5) is 0 Å². The van der Waals surface area contributed by atoms with E-state index in [1.165, 1.54) is 0 Å². The van der Waals surface area contributed by atoms with E-state index in [4.69, 9.17) is 10.5 Å². The molecule has 1 aliphatic heterocycles. The molecule has 1 unspecified atom stereocenters. The number of hydrogen-bond donors (Lipinski definition) is 3. The molecule has 0 bridgehead atoms. The molecular formula is C12H24N2O3. The van der Waals surface area contributed by atoms with Gasteiger partial charge in [-0.15, -0.1) is 0 Å². The predicted molar refractivity (Wildman–Crippen MR) is 65.4 cm³/mol.